The van der Waals surface area contributed by atoms with Crippen LogP contribution in [0.2, 0.25) is 0 Å². The third-order valence-electron chi connectivity index (χ3n) is 5.65. The number of para-hydroxylation sites is 1. The molecular weight excluding hydrogens is 434 g/mol. The molecule has 0 radical (unpaired) electrons. The largest absolute Gasteiger partial charge is 0.360 e. The van der Waals surface area contributed by atoms with Crippen molar-refractivity contribution in [1.29, 1.82) is 0 Å². The van der Waals surface area contributed by atoms with Crippen molar-refractivity contribution in [2.75, 3.05) is 5.32 Å². The van der Waals surface area contributed by atoms with E-state index in [1.165, 1.54) is 16.0 Å². The molecule has 0 saturated carbocycles. The summed E-state index contributed by atoms with van der Waals surface area (Å²) in [6.45, 7) is 2.59. The van der Waals surface area contributed by atoms with Crippen molar-refractivity contribution in [2.45, 2.75) is 32.7 Å². The summed E-state index contributed by atoms with van der Waals surface area (Å²) in [6, 6.07) is 15.1. The van der Waals surface area contributed by atoms with E-state index in [9.17, 15) is 9.59 Å². The zero-order valence-corrected chi connectivity index (χ0v) is 19.0. The highest BCUT2D eigenvalue weighted by atomic mass is 32.1. The maximum absolute atomic E-state index is 13.2. The molecule has 0 saturated heterocycles. The predicted molar refractivity (Wildman–Crippen MR) is 133 cm³/mol. The fourth-order valence-electron chi connectivity index (χ4n) is 3.96. The average molecular weight is 458 g/mol. The predicted octanol–water partition coefficient (Wildman–Crippen LogP) is 5.44. The number of nitrogens with zero attached hydrogens (tertiary/aromatic N) is 3. The number of hydrogen-bond acceptors (Lipinski definition) is 5. The molecule has 7 nitrogen and oxygen atoms in total. The number of aryl methyl sites for hydroxylation is 1. The molecule has 3 heterocycles. The Labute approximate surface area is 194 Å². The Morgan fingerprint density at radius 1 is 1.06 bits per heavy atom. The number of H-pyrrole nitrogens is 1. The Morgan fingerprint density at radius 3 is 2.64 bits per heavy atom. The monoisotopic (exact) mass is 457 g/mol. The molecule has 0 unspecified atom stereocenters. The summed E-state index contributed by atoms with van der Waals surface area (Å²) in [7, 11) is 0. The van der Waals surface area contributed by atoms with Gasteiger partial charge in [-0.2, -0.15) is 5.10 Å². The molecule has 3 aromatic heterocycles. The van der Waals surface area contributed by atoms with Crippen LogP contribution in [0.15, 0.2) is 64.9 Å². The number of aromatic amines is 1. The maximum atomic E-state index is 13.2. The van der Waals surface area contributed by atoms with Crippen molar-refractivity contribution in [3.05, 3.63) is 76.2 Å². The first-order valence-corrected chi connectivity index (χ1v) is 11.9. The first-order chi connectivity index (χ1) is 16.2. The third-order valence-corrected chi connectivity index (χ3v) is 6.40. The lowest BCUT2D eigenvalue weighted by Gasteiger charge is -2.10. The molecule has 0 aliphatic carbocycles. The molecule has 0 bridgehead atoms. The average Bonchev–Trinajstić information content (AvgIpc) is 3.47. The minimum Gasteiger partial charge on any atom is -0.360 e. The molecule has 5 aromatic rings. The third kappa shape index (κ3) is 4.05. The van der Waals surface area contributed by atoms with Gasteiger partial charge in [0.25, 0.3) is 11.5 Å². The van der Waals surface area contributed by atoms with Gasteiger partial charge in [0, 0.05) is 40.0 Å². The van der Waals surface area contributed by atoms with E-state index < -0.39 is 0 Å². The van der Waals surface area contributed by atoms with Crippen LogP contribution in [0.3, 0.4) is 0 Å². The Bertz CT molecular complexity index is 1510. The number of carbonyl (C=O) groups is 1. The van der Waals surface area contributed by atoms with Gasteiger partial charge in [-0.15, -0.1) is 11.3 Å². The van der Waals surface area contributed by atoms with Crippen molar-refractivity contribution in [3.63, 3.8) is 0 Å². The molecular formula is C25H23N5O2S. The van der Waals surface area contributed by atoms with Crippen LogP contribution in [0.25, 0.3) is 32.9 Å². The van der Waals surface area contributed by atoms with Crippen molar-refractivity contribution < 1.29 is 4.79 Å². The van der Waals surface area contributed by atoms with E-state index in [0.29, 0.717) is 22.4 Å². The summed E-state index contributed by atoms with van der Waals surface area (Å²) in [5.74, 6) is -0.379. The number of carbonyl (C=O) groups excluding carboxylic acids is 1. The Morgan fingerprint density at radius 2 is 1.82 bits per heavy atom. The van der Waals surface area contributed by atoms with Crippen LogP contribution in [-0.2, 0) is 6.54 Å². The fourth-order valence-corrected chi connectivity index (χ4v) is 4.67. The van der Waals surface area contributed by atoms with E-state index in [1.807, 2.05) is 35.8 Å². The summed E-state index contributed by atoms with van der Waals surface area (Å²) in [6.07, 6.45) is 4.80. The number of anilines is 1. The van der Waals surface area contributed by atoms with Crippen LogP contribution >= 0.6 is 11.3 Å². The second-order valence-corrected chi connectivity index (χ2v) is 8.73. The smallest absolute Gasteiger partial charge is 0.278 e. The molecule has 5 rings (SSSR count). The minimum atomic E-state index is -0.379. The summed E-state index contributed by atoms with van der Waals surface area (Å²) in [5, 5.41) is 11.8. The van der Waals surface area contributed by atoms with Crippen molar-refractivity contribution in [2.24, 2.45) is 0 Å². The lowest BCUT2D eigenvalue weighted by atomic mass is 10.1. The van der Waals surface area contributed by atoms with Crippen LogP contribution in [0.4, 0.5) is 5.13 Å². The minimum absolute atomic E-state index is 0.172. The number of benzene rings is 2. The van der Waals surface area contributed by atoms with Crippen LogP contribution < -0.4 is 10.9 Å². The lowest BCUT2D eigenvalue weighted by Crippen LogP contribution is -2.27. The highest BCUT2D eigenvalue weighted by Gasteiger charge is 2.18. The van der Waals surface area contributed by atoms with E-state index in [1.54, 1.807) is 24.3 Å². The van der Waals surface area contributed by atoms with Gasteiger partial charge in [-0.1, -0.05) is 56.2 Å². The van der Waals surface area contributed by atoms with Crippen LogP contribution in [0.1, 0.15) is 36.7 Å². The zero-order chi connectivity index (χ0) is 22.8. The SMILES string of the molecule is CCCCCn1nc(C(=O)Nc2nc(-c3c[nH]c4ccccc34)cs2)c2ccccc2c1=O. The number of nitrogens with one attached hydrogen (secondary N) is 2. The molecule has 1 amide bonds. The Hall–Kier alpha value is -3.78. The number of rotatable bonds is 7. The molecule has 0 fully saturated rings. The molecule has 166 valence electrons. The number of aromatic nitrogens is 4. The summed E-state index contributed by atoms with van der Waals surface area (Å²) in [4.78, 5) is 33.9. The molecule has 8 heteroatoms. The fraction of sp³-hybridized carbons (Fsp3) is 0.200. The van der Waals surface area contributed by atoms with E-state index in [4.69, 9.17) is 0 Å². The van der Waals surface area contributed by atoms with Gasteiger partial charge >= 0.3 is 0 Å². The number of amides is 1. The van der Waals surface area contributed by atoms with Gasteiger partial charge in [0.15, 0.2) is 10.8 Å². The summed E-state index contributed by atoms with van der Waals surface area (Å²) >= 11 is 1.36. The van der Waals surface area contributed by atoms with Gasteiger partial charge in [0.1, 0.15) is 0 Å². The normalized spacial score (nSPS) is 11.3. The first-order valence-electron chi connectivity index (χ1n) is 11.0. The maximum Gasteiger partial charge on any atom is 0.278 e. The van der Waals surface area contributed by atoms with Gasteiger partial charge in [0.2, 0.25) is 0 Å². The standard InChI is InChI=1S/C25H23N5O2S/c1-2-3-8-13-30-24(32)18-11-5-4-10-17(18)22(29-30)23(31)28-25-27-21(15-33-25)19-14-26-20-12-7-6-9-16(19)20/h4-7,9-12,14-15,26H,2-3,8,13H2,1H3,(H,27,28,31). The number of fused-ring (bicyclic) bond motifs is 2. The first kappa shape index (κ1) is 21.1. The van der Waals surface area contributed by atoms with Gasteiger partial charge in [-0.25, -0.2) is 9.67 Å². The van der Waals surface area contributed by atoms with E-state index in [2.05, 4.69) is 27.3 Å². The molecule has 2 aromatic carbocycles. The van der Waals surface area contributed by atoms with Crippen LogP contribution in [-0.4, -0.2) is 25.7 Å². The van der Waals surface area contributed by atoms with Crippen molar-refractivity contribution >= 4 is 44.1 Å². The van der Waals surface area contributed by atoms with Gasteiger partial charge < -0.3 is 4.98 Å². The van der Waals surface area contributed by atoms with Gasteiger partial charge in [-0.3, -0.25) is 14.9 Å². The molecule has 0 spiro atoms. The summed E-state index contributed by atoms with van der Waals surface area (Å²) in [5.41, 5.74) is 2.86. The van der Waals surface area contributed by atoms with Crippen molar-refractivity contribution in [3.8, 4) is 11.3 Å². The highest BCUT2D eigenvalue weighted by molar-refractivity contribution is 7.14. The number of hydrogen-bond donors (Lipinski definition) is 2. The topological polar surface area (TPSA) is 92.7 Å². The molecule has 0 aliphatic heterocycles. The van der Waals surface area contributed by atoms with E-state index >= 15 is 0 Å². The second-order valence-electron chi connectivity index (χ2n) is 7.87. The number of thiazole rings is 1. The zero-order valence-electron chi connectivity index (χ0n) is 18.2. The van der Waals surface area contributed by atoms with Crippen LogP contribution in [0, 0.1) is 0 Å². The quantitative estimate of drug-likeness (QED) is 0.318. The Kier molecular flexibility index (Phi) is 5.75. The number of unbranched alkanes of at least 4 members (excludes halogenated alkanes) is 2. The van der Waals surface area contributed by atoms with Gasteiger partial charge in [-0.05, 0) is 18.6 Å². The van der Waals surface area contributed by atoms with Gasteiger partial charge in [0.05, 0.1) is 11.1 Å². The summed E-state index contributed by atoms with van der Waals surface area (Å²) < 4.78 is 1.41. The molecule has 33 heavy (non-hydrogen) atoms. The molecule has 2 N–H and O–H groups in total. The lowest BCUT2D eigenvalue weighted by molar-refractivity contribution is 0.102. The van der Waals surface area contributed by atoms with Crippen LogP contribution in [0.5, 0.6) is 0 Å². The second kappa shape index (κ2) is 8.99. The Balaban J connectivity index is 1.46. The van der Waals surface area contributed by atoms with Crippen molar-refractivity contribution in [1.82, 2.24) is 19.7 Å². The molecule has 0 atom stereocenters. The van der Waals surface area contributed by atoms with E-state index in [-0.39, 0.29) is 17.2 Å². The molecule has 0 aliphatic rings. The highest BCUT2D eigenvalue weighted by Crippen LogP contribution is 2.31. The van der Waals surface area contributed by atoms with E-state index in [0.717, 1.165) is 41.4 Å².